The van der Waals surface area contributed by atoms with Crippen molar-refractivity contribution < 1.29 is 28.9 Å². The largest absolute Gasteiger partial charge is 0.500 e. The van der Waals surface area contributed by atoms with Gasteiger partial charge in [-0.1, -0.05) is 74.9 Å². The number of hydrogen-bond acceptors (Lipinski definition) is 4. The van der Waals surface area contributed by atoms with Crippen molar-refractivity contribution in [2.45, 2.75) is 26.2 Å². The van der Waals surface area contributed by atoms with Crippen LogP contribution in [0.15, 0.2) is 126 Å². The maximum atomic E-state index is 15.0. The smallest absolute Gasteiger partial charge is 0.121 e. The average molecular weight is 781 g/mol. The van der Waals surface area contributed by atoms with Gasteiger partial charge in [0.1, 0.15) is 5.58 Å². The van der Waals surface area contributed by atoms with E-state index in [2.05, 4.69) is 47.4 Å². The van der Waals surface area contributed by atoms with Gasteiger partial charge in [0.25, 0.3) is 0 Å². The molecule has 0 saturated carbocycles. The molecule has 4 aromatic carbocycles. The Hall–Kier alpha value is -4.97. The predicted molar refractivity (Wildman–Crippen MR) is 178 cm³/mol. The van der Waals surface area contributed by atoms with Gasteiger partial charge in [-0.05, 0) is 41.4 Å². The van der Waals surface area contributed by atoms with Gasteiger partial charge in [-0.2, -0.15) is 0 Å². The number of imidazole rings is 1. The maximum absolute atomic E-state index is 15.0. The van der Waals surface area contributed by atoms with Gasteiger partial charge < -0.3 is 14.0 Å². The monoisotopic (exact) mass is 781 g/mol. The molecule has 7 heteroatoms. The summed E-state index contributed by atoms with van der Waals surface area (Å²) in [5, 5.41) is 1.18. The summed E-state index contributed by atoms with van der Waals surface area (Å²) in [6.07, 6.45) is 3.61. The summed E-state index contributed by atoms with van der Waals surface area (Å²) < 4.78 is 23.2. The van der Waals surface area contributed by atoms with Crippen LogP contribution in [0.4, 0.5) is 4.39 Å². The Kier molecular flexibility index (Phi) is 8.63. The van der Waals surface area contributed by atoms with Crippen LogP contribution in [0.25, 0.3) is 61.3 Å². The Balaban J connectivity index is 0.000000241. The summed E-state index contributed by atoms with van der Waals surface area (Å²) in [4.78, 5) is 13.9. The number of halogens is 1. The van der Waals surface area contributed by atoms with Gasteiger partial charge >= 0.3 is 0 Å². The normalized spacial score (nSPS) is 11.3. The first-order valence-corrected chi connectivity index (χ1v) is 14.7. The number of fused-ring (bicyclic) bond motifs is 4. The fourth-order valence-corrected chi connectivity index (χ4v) is 5.53. The van der Waals surface area contributed by atoms with E-state index in [0.29, 0.717) is 27.9 Å². The molecule has 5 nitrogen and oxygen atoms in total. The molecule has 0 aliphatic carbocycles. The molecule has 0 spiro atoms. The van der Waals surface area contributed by atoms with Crippen molar-refractivity contribution >= 4 is 33.0 Å². The van der Waals surface area contributed by atoms with Crippen LogP contribution in [0.1, 0.15) is 26.5 Å². The minimum Gasteiger partial charge on any atom is -0.500 e. The quantitative estimate of drug-likeness (QED) is 0.168. The van der Waals surface area contributed by atoms with E-state index in [-0.39, 0.29) is 31.3 Å². The first-order chi connectivity index (χ1) is 21.9. The maximum Gasteiger partial charge on any atom is 0.121 e. The van der Waals surface area contributed by atoms with Crippen molar-refractivity contribution in [3.05, 3.63) is 145 Å². The van der Waals surface area contributed by atoms with Crippen LogP contribution < -0.4 is 0 Å². The summed E-state index contributed by atoms with van der Waals surface area (Å²) in [7, 11) is 0. The Morgan fingerprint density at radius 2 is 1.54 bits per heavy atom. The molecule has 1 radical (unpaired) electrons. The number of para-hydroxylation sites is 2. The van der Waals surface area contributed by atoms with E-state index in [1.54, 1.807) is 6.20 Å². The first-order valence-electron chi connectivity index (χ1n) is 14.7. The Morgan fingerprint density at radius 1 is 0.783 bits per heavy atom. The molecule has 0 amide bonds. The second-order valence-corrected chi connectivity index (χ2v) is 11.7. The molecular formula is C39H29FIrN4O-2. The molecule has 0 aliphatic heterocycles. The van der Waals surface area contributed by atoms with E-state index >= 15 is 0 Å². The number of benzene rings is 4. The third-order valence-electron chi connectivity index (χ3n) is 7.58. The first kappa shape index (κ1) is 31.0. The van der Waals surface area contributed by atoms with Crippen LogP contribution in [0.2, 0.25) is 0 Å². The number of hydrogen-bond donors (Lipinski definition) is 0. The van der Waals surface area contributed by atoms with Gasteiger partial charge in [0, 0.05) is 54.8 Å². The molecule has 4 heterocycles. The minimum absolute atomic E-state index is 0. The van der Waals surface area contributed by atoms with Crippen LogP contribution in [0, 0.1) is 17.9 Å². The van der Waals surface area contributed by atoms with Gasteiger partial charge in [0.15, 0.2) is 0 Å². The van der Waals surface area contributed by atoms with Crippen LogP contribution in [-0.4, -0.2) is 19.5 Å². The zero-order valence-corrected chi connectivity index (χ0v) is 27.9. The van der Waals surface area contributed by atoms with E-state index in [4.69, 9.17) is 9.40 Å². The standard InChI is InChI=1S/C28H21FN3O.C11H8N.Ir/c1-28(2,3)26-24-21(15-16-30-26)32(17-9-5-4-6-10-17)27(31-24)19-13-14-20(29)23-18-11-7-8-12-22(18)33-25(19)23;1-2-6-10(7-3-1)11-8-4-5-9-12-11;/h4-12,14-16H,1-3H3;1-6,8-9H;/q2*-1;. The molecule has 0 aliphatic rings. The van der Waals surface area contributed by atoms with Crippen molar-refractivity contribution in [1.29, 1.82) is 0 Å². The number of nitrogens with zero attached hydrogens (tertiary/aromatic N) is 4. The topological polar surface area (TPSA) is 56.7 Å². The summed E-state index contributed by atoms with van der Waals surface area (Å²) in [6.45, 7) is 6.37. The summed E-state index contributed by atoms with van der Waals surface area (Å²) in [5.74, 6) is 0.275. The van der Waals surface area contributed by atoms with Gasteiger partial charge in [-0.15, -0.1) is 48.0 Å². The van der Waals surface area contributed by atoms with E-state index in [9.17, 15) is 4.39 Å². The fraction of sp³-hybridized carbons (Fsp3) is 0.103. The Bertz CT molecular complexity index is 2220. The molecule has 0 bridgehead atoms. The van der Waals surface area contributed by atoms with E-state index < -0.39 is 0 Å². The van der Waals surface area contributed by atoms with Crippen LogP contribution in [-0.2, 0) is 25.5 Å². The summed E-state index contributed by atoms with van der Waals surface area (Å²) >= 11 is 0. The van der Waals surface area contributed by atoms with Gasteiger partial charge in [0.05, 0.1) is 28.1 Å². The van der Waals surface area contributed by atoms with Crippen LogP contribution in [0.5, 0.6) is 0 Å². The Morgan fingerprint density at radius 3 is 2.28 bits per heavy atom. The summed E-state index contributed by atoms with van der Waals surface area (Å²) in [5.41, 5.74) is 7.08. The number of pyridine rings is 2. The third kappa shape index (κ3) is 5.76. The molecule has 4 aromatic heterocycles. The van der Waals surface area contributed by atoms with Crippen molar-refractivity contribution in [1.82, 2.24) is 19.5 Å². The summed E-state index contributed by atoms with van der Waals surface area (Å²) in [6, 6.07) is 40.8. The fourth-order valence-electron chi connectivity index (χ4n) is 5.53. The predicted octanol–water partition coefficient (Wildman–Crippen LogP) is 9.77. The van der Waals surface area contributed by atoms with Crippen LogP contribution in [0.3, 0.4) is 0 Å². The van der Waals surface area contributed by atoms with Gasteiger partial charge in [-0.25, -0.2) is 0 Å². The third-order valence-corrected chi connectivity index (χ3v) is 7.58. The second-order valence-electron chi connectivity index (χ2n) is 11.7. The Labute approximate surface area is 280 Å². The number of rotatable bonds is 3. The van der Waals surface area contributed by atoms with Crippen molar-refractivity contribution in [3.63, 3.8) is 0 Å². The SMILES string of the molecule is CC(C)(C)c1nccc2c1nc(-c1[c-]cc(F)c3c1oc1ccccc13)n2-c1ccccc1.[Ir].[c-]1ccccc1-c1ccccn1. The molecule has 46 heavy (non-hydrogen) atoms. The van der Waals surface area contributed by atoms with Crippen molar-refractivity contribution in [3.8, 4) is 28.3 Å². The second kappa shape index (κ2) is 12.8. The van der Waals surface area contributed by atoms with Crippen molar-refractivity contribution in [2.75, 3.05) is 0 Å². The molecule has 0 saturated heterocycles. The molecule has 0 unspecified atom stereocenters. The van der Waals surface area contributed by atoms with Crippen LogP contribution >= 0.6 is 0 Å². The number of furan rings is 1. The molecule has 8 aromatic rings. The molecule has 229 valence electrons. The molecule has 0 fully saturated rings. The molecule has 0 N–H and O–H groups in total. The van der Waals surface area contributed by atoms with Gasteiger partial charge in [0.2, 0.25) is 0 Å². The van der Waals surface area contributed by atoms with Gasteiger partial charge in [-0.3, -0.25) is 14.4 Å². The van der Waals surface area contributed by atoms with E-state index in [1.807, 2.05) is 109 Å². The molecule has 8 rings (SSSR count). The number of aromatic nitrogens is 4. The molecule has 0 atom stereocenters. The minimum atomic E-state index is -0.363. The van der Waals surface area contributed by atoms with E-state index in [0.717, 1.165) is 39.1 Å². The van der Waals surface area contributed by atoms with E-state index in [1.165, 1.54) is 6.07 Å². The zero-order chi connectivity index (χ0) is 31.0. The molecular weight excluding hydrogens is 752 g/mol. The van der Waals surface area contributed by atoms with Crippen molar-refractivity contribution in [2.24, 2.45) is 0 Å². The average Bonchev–Trinajstić information content (AvgIpc) is 3.66. The zero-order valence-electron chi connectivity index (χ0n) is 25.5.